The number of rotatable bonds is 5. The van der Waals surface area contributed by atoms with E-state index in [2.05, 4.69) is 26.2 Å². The lowest BCUT2D eigenvalue weighted by atomic mass is 10.2. The number of nitrogens with zero attached hydrogens (tertiary/aromatic N) is 1. The van der Waals surface area contributed by atoms with E-state index in [4.69, 9.17) is 14.9 Å². The lowest BCUT2D eigenvalue weighted by Gasteiger charge is -2.01. The van der Waals surface area contributed by atoms with Crippen molar-refractivity contribution in [2.45, 2.75) is 6.54 Å². The molecule has 0 aliphatic heterocycles. The van der Waals surface area contributed by atoms with Gasteiger partial charge in [0.1, 0.15) is 11.6 Å². The van der Waals surface area contributed by atoms with Crippen LogP contribution in [0.4, 0.5) is 5.82 Å². The van der Waals surface area contributed by atoms with Gasteiger partial charge in [0.2, 0.25) is 5.91 Å². The highest BCUT2D eigenvalue weighted by Gasteiger charge is 2.12. The number of halogens is 1. The van der Waals surface area contributed by atoms with E-state index < -0.39 is 0 Å². The molecule has 2 heterocycles. The number of nitrogens with one attached hydrogen (secondary N) is 1. The minimum absolute atomic E-state index is 0.233. The fraction of sp³-hybridized carbons (Fsp3) is 0.111. The SMILES string of the molecule is COc1ccc(Br)c2cc(CNC(=O)/C=C/c3ccc(N)nc3)oc12. The Kier molecular flexibility index (Phi) is 5.04. The monoisotopic (exact) mass is 401 g/mol. The summed E-state index contributed by atoms with van der Waals surface area (Å²) in [5.74, 6) is 1.49. The van der Waals surface area contributed by atoms with Crippen LogP contribution in [0.1, 0.15) is 11.3 Å². The van der Waals surface area contributed by atoms with E-state index in [1.807, 2.05) is 18.2 Å². The smallest absolute Gasteiger partial charge is 0.244 e. The third-order valence-electron chi connectivity index (χ3n) is 3.54. The molecule has 1 aromatic carbocycles. The van der Waals surface area contributed by atoms with Crippen molar-refractivity contribution < 1.29 is 13.9 Å². The Hall–Kier alpha value is -2.80. The van der Waals surface area contributed by atoms with Gasteiger partial charge in [0.05, 0.1) is 13.7 Å². The zero-order chi connectivity index (χ0) is 17.8. The molecule has 3 aromatic rings. The van der Waals surface area contributed by atoms with Crippen molar-refractivity contribution in [2.24, 2.45) is 0 Å². The van der Waals surface area contributed by atoms with Crippen molar-refractivity contribution >= 4 is 44.7 Å². The summed E-state index contributed by atoms with van der Waals surface area (Å²) < 4.78 is 12.0. The van der Waals surface area contributed by atoms with Crippen molar-refractivity contribution in [2.75, 3.05) is 12.8 Å². The van der Waals surface area contributed by atoms with Gasteiger partial charge in [-0.15, -0.1) is 0 Å². The number of amides is 1. The molecule has 1 amide bonds. The minimum Gasteiger partial charge on any atom is -0.493 e. The molecule has 7 heteroatoms. The van der Waals surface area contributed by atoms with Crippen LogP contribution in [0.3, 0.4) is 0 Å². The van der Waals surface area contributed by atoms with Gasteiger partial charge in [0.15, 0.2) is 11.3 Å². The number of carbonyl (C=O) groups excluding carboxylic acids is 1. The number of anilines is 1. The Bertz CT molecular complexity index is 933. The third-order valence-corrected chi connectivity index (χ3v) is 4.23. The summed E-state index contributed by atoms with van der Waals surface area (Å²) in [5, 5.41) is 3.67. The molecule has 0 saturated carbocycles. The zero-order valence-electron chi connectivity index (χ0n) is 13.5. The van der Waals surface area contributed by atoms with E-state index in [-0.39, 0.29) is 12.5 Å². The highest BCUT2D eigenvalue weighted by Crippen LogP contribution is 2.34. The number of nitrogens with two attached hydrogens (primary N) is 1. The number of carbonyl (C=O) groups is 1. The molecule has 25 heavy (non-hydrogen) atoms. The van der Waals surface area contributed by atoms with E-state index >= 15 is 0 Å². The van der Waals surface area contributed by atoms with Gasteiger partial charge in [-0.3, -0.25) is 4.79 Å². The Balaban J connectivity index is 1.67. The molecule has 0 radical (unpaired) electrons. The first-order valence-corrected chi connectivity index (χ1v) is 8.28. The number of methoxy groups -OCH3 is 1. The fourth-order valence-electron chi connectivity index (χ4n) is 2.29. The van der Waals surface area contributed by atoms with E-state index in [1.54, 1.807) is 31.5 Å². The average molecular weight is 402 g/mol. The van der Waals surface area contributed by atoms with Crippen LogP contribution >= 0.6 is 15.9 Å². The average Bonchev–Trinajstić information content (AvgIpc) is 3.05. The quantitative estimate of drug-likeness (QED) is 0.638. The molecule has 0 unspecified atom stereocenters. The van der Waals surface area contributed by atoms with Gasteiger partial charge >= 0.3 is 0 Å². The maximum atomic E-state index is 11.9. The lowest BCUT2D eigenvalue weighted by Crippen LogP contribution is -2.19. The van der Waals surface area contributed by atoms with Crippen molar-refractivity contribution in [1.82, 2.24) is 10.3 Å². The first-order valence-electron chi connectivity index (χ1n) is 7.49. The molecule has 0 bridgehead atoms. The maximum absolute atomic E-state index is 11.9. The molecule has 2 aromatic heterocycles. The Morgan fingerprint density at radius 2 is 2.24 bits per heavy atom. The third kappa shape index (κ3) is 4.00. The summed E-state index contributed by atoms with van der Waals surface area (Å²) in [6.07, 6.45) is 4.70. The van der Waals surface area contributed by atoms with Crippen LogP contribution in [0, 0.1) is 0 Å². The molecule has 0 atom stereocenters. The van der Waals surface area contributed by atoms with E-state index in [0.717, 1.165) is 15.4 Å². The maximum Gasteiger partial charge on any atom is 0.244 e. The molecule has 6 nitrogen and oxygen atoms in total. The molecule has 0 fully saturated rings. The first-order chi connectivity index (χ1) is 12.1. The van der Waals surface area contributed by atoms with Gasteiger partial charge < -0.3 is 20.2 Å². The number of ether oxygens (including phenoxy) is 1. The molecule has 128 valence electrons. The lowest BCUT2D eigenvalue weighted by molar-refractivity contribution is -0.116. The topological polar surface area (TPSA) is 90.4 Å². The van der Waals surface area contributed by atoms with Gasteiger partial charge in [-0.05, 0) is 42.0 Å². The summed E-state index contributed by atoms with van der Waals surface area (Å²) in [7, 11) is 1.59. The number of hydrogen-bond acceptors (Lipinski definition) is 5. The highest BCUT2D eigenvalue weighted by atomic mass is 79.9. The second kappa shape index (κ2) is 7.40. The van der Waals surface area contributed by atoms with Crippen LogP contribution in [-0.4, -0.2) is 18.0 Å². The van der Waals surface area contributed by atoms with Gasteiger partial charge in [-0.2, -0.15) is 0 Å². The number of aromatic nitrogens is 1. The summed E-state index contributed by atoms with van der Waals surface area (Å²) >= 11 is 3.48. The first kappa shape index (κ1) is 17.0. The Labute approximate surface area is 152 Å². The molecule has 0 aliphatic carbocycles. The number of hydrogen-bond donors (Lipinski definition) is 2. The number of pyridine rings is 1. The molecule has 3 rings (SSSR count). The van der Waals surface area contributed by atoms with Crippen LogP contribution in [-0.2, 0) is 11.3 Å². The number of fused-ring (bicyclic) bond motifs is 1. The number of benzene rings is 1. The molecule has 0 spiro atoms. The van der Waals surface area contributed by atoms with E-state index in [1.165, 1.54) is 6.08 Å². The van der Waals surface area contributed by atoms with Crippen molar-refractivity contribution in [3.8, 4) is 5.75 Å². The van der Waals surface area contributed by atoms with Crippen LogP contribution in [0.2, 0.25) is 0 Å². The standard InChI is InChI=1S/C18H16BrN3O3/c1-24-15-5-4-14(19)13-8-12(25-18(13)15)10-22-17(23)7-3-11-2-6-16(20)21-9-11/h2-9H,10H2,1H3,(H2,20,21)(H,22,23)/b7-3+. The summed E-state index contributed by atoms with van der Waals surface area (Å²) in [6, 6.07) is 9.05. The van der Waals surface area contributed by atoms with Crippen LogP contribution in [0.15, 0.2) is 51.5 Å². The zero-order valence-corrected chi connectivity index (χ0v) is 15.0. The Morgan fingerprint density at radius 1 is 1.40 bits per heavy atom. The fourth-order valence-corrected chi connectivity index (χ4v) is 2.71. The second-order valence-corrected chi connectivity index (χ2v) is 6.13. The van der Waals surface area contributed by atoms with E-state index in [0.29, 0.717) is 22.9 Å². The van der Waals surface area contributed by atoms with Crippen molar-refractivity contribution in [3.05, 3.63) is 58.4 Å². The number of furan rings is 1. The predicted octanol–water partition coefficient (Wildman–Crippen LogP) is 3.51. The molecule has 3 N–H and O–H groups in total. The molecular weight excluding hydrogens is 386 g/mol. The van der Waals surface area contributed by atoms with Crippen molar-refractivity contribution in [1.29, 1.82) is 0 Å². The summed E-state index contributed by atoms with van der Waals surface area (Å²) in [4.78, 5) is 15.9. The Morgan fingerprint density at radius 3 is 2.96 bits per heavy atom. The van der Waals surface area contributed by atoms with Crippen LogP contribution in [0.5, 0.6) is 5.75 Å². The molecule has 0 saturated heterocycles. The second-order valence-electron chi connectivity index (χ2n) is 5.27. The normalized spacial score (nSPS) is 11.1. The largest absolute Gasteiger partial charge is 0.493 e. The van der Waals surface area contributed by atoms with Gasteiger partial charge in [-0.1, -0.05) is 15.9 Å². The number of nitrogen functional groups attached to an aromatic ring is 1. The predicted molar refractivity (Wildman–Crippen MR) is 100.0 cm³/mol. The molecular formula is C18H16BrN3O3. The summed E-state index contributed by atoms with van der Waals surface area (Å²) in [5.41, 5.74) is 6.96. The van der Waals surface area contributed by atoms with Crippen molar-refractivity contribution in [3.63, 3.8) is 0 Å². The van der Waals surface area contributed by atoms with Crippen LogP contribution in [0.25, 0.3) is 17.0 Å². The highest BCUT2D eigenvalue weighted by molar-refractivity contribution is 9.10. The van der Waals surface area contributed by atoms with E-state index in [9.17, 15) is 4.79 Å². The minimum atomic E-state index is -0.233. The molecule has 0 aliphatic rings. The summed E-state index contributed by atoms with van der Waals surface area (Å²) in [6.45, 7) is 0.271. The van der Waals surface area contributed by atoms with Gasteiger partial charge in [-0.25, -0.2) is 4.98 Å². The van der Waals surface area contributed by atoms with Gasteiger partial charge in [0.25, 0.3) is 0 Å². The van der Waals surface area contributed by atoms with Crippen LogP contribution < -0.4 is 15.8 Å². The van der Waals surface area contributed by atoms with Gasteiger partial charge in [0, 0.05) is 22.1 Å².